The predicted octanol–water partition coefficient (Wildman–Crippen LogP) is 1.27. The molecule has 4 heteroatoms. The molecule has 16 heavy (non-hydrogen) atoms. The van der Waals surface area contributed by atoms with E-state index in [1.54, 1.807) is 0 Å². The van der Waals surface area contributed by atoms with Gasteiger partial charge in [0, 0.05) is 12.6 Å². The first-order valence-corrected chi connectivity index (χ1v) is 7.37. The van der Waals surface area contributed by atoms with Gasteiger partial charge in [-0.3, -0.25) is 0 Å². The smallest absolute Gasteiger partial charge is 0.151 e. The summed E-state index contributed by atoms with van der Waals surface area (Å²) in [5.74, 6) is 0.622. The normalized spacial score (nSPS) is 23.4. The molecule has 1 aromatic carbocycles. The highest BCUT2D eigenvalue weighted by Crippen LogP contribution is 2.13. The molecule has 1 heterocycles. The van der Waals surface area contributed by atoms with Crippen LogP contribution in [0.2, 0.25) is 0 Å². The van der Waals surface area contributed by atoms with Crippen molar-refractivity contribution in [1.29, 1.82) is 0 Å². The number of rotatable bonds is 3. The van der Waals surface area contributed by atoms with Crippen molar-refractivity contribution in [2.24, 2.45) is 0 Å². The van der Waals surface area contributed by atoms with E-state index in [2.05, 4.69) is 24.4 Å². The Morgan fingerprint density at radius 1 is 1.38 bits per heavy atom. The quantitative estimate of drug-likeness (QED) is 0.864. The average Bonchev–Trinajstić information content (AvgIpc) is 2.57. The highest BCUT2D eigenvalue weighted by atomic mass is 32.2. The molecule has 1 aromatic rings. The zero-order chi connectivity index (χ0) is 11.6. The molecule has 0 aromatic heterocycles. The first-order valence-electron chi connectivity index (χ1n) is 5.55. The van der Waals surface area contributed by atoms with Crippen molar-refractivity contribution in [2.45, 2.75) is 25.9 Å². The Morgan fingerprint density at radius 2 is 2.12 bits per heavy atom. The number of nitrogens with one attached hydrogen (secondary N) is 1. The van der Waals surface area contributed by atoms with Gasteiger partial charge in [-0.15, -0.1) is 0 Å². The molecule has 1 unspecified atom stereocenters. The van der Waals surface area contributed by atoms with E-state index >= 15 is 0 Å². The Labute approximate surface area is 96.8 Å². The molecule has 0 aliphatic carbocycles. The number of hydrogen-bond donors (Lipinski definition) is 1. The fourth-order valence-corrected chi connectivity index (χ4v) is 3.73. The molecule has 1 atom stereocenters. The van der Waals surface area contributed by atoms with Crippen molar-refractivity contribution in [1.82, 2.24) is 5.32 Å². The molecule has 0 saturated carbocycles. The SMILES string of the molecule is Cc1ccccc1CNC1CCS(=O)(=O)C1. The lowest BCUT2D eigenvalue weighted by molar-refractivity contribution is 0.553. The van der Waals surface area contributed by atoms with Crippen LogP contribution in [0.4, 0.5) is 0 Å². The van der Waals surface area contributed by atoms with E-state index in [0.717, 1.165) is 13.0 Å². The molecule has 1 fully saturated rings. The molecular weight excluding hydrogens is 222 g/mol. The van der Waals surface area contributed by atoms with Crippen LogP contribution in [0.5, 0.6) is 0 Å². The molecule has 0 spiro atoms. The van der Waals surface area contributed by atoms with Crippen LogP contribution in [0, 0.1) is 6.92 Å². The lowest BCUT2D eigenvalue weighted by Gasteiger charge is -2.12. The fourth-order valence-electron chi connectivity index (χ4n) is 2.02. The molecule has 1 saturated heterocycles. The van der Waals surface area contributed by atoms with Crippen LogP contribution in [-0.4, -0.2) is 26.0 Å². The van der Waals surface area contributed by atoms with Gasteiger partial charge in [-0.2, -0.15) is 0 Å². The summed E-state index contributed by atoms with van der Waals surface area (Å²) in [7, 11) is -2.77. The van der Waals surface area contributed by atoms with Gasteiger partial charge in [0.1, 0.15) is 0 Å². The molecule has 88 valence electrons. The number of hydrogen-bond acceptors (Lipinski definition) is 3. The van der Waals surface area contributed by atoms with E-state index in [1.807, 2.05) is 12.1 Å². The topological polar surface area (TPSA) is 46.2 Å². The number of sulfone groups is 1. The molecule has 1 aliphatic rings. The third-order valence-corrected chi connectivity index (χ3v) is 4.84. The van der Waals surface area contributed by atoms with Crippen molar-refractivity contribution < 1.29 is 8.42 Å². The third kappa shape index (κ3) is 2.83. The Morgan fingerprint density at radius 3 is 2.75 bits per heavy atom. The van der Waals surface area contributed by atoms with Gasteiger partial charge < -0.3 is 5.32 Å². The van der Waals surface area contributed by atoms with Crippen molar-refractivity contribution >= 4 is 9.84 Å². The monoisotopic (exact) mass is 239 g/mol. The Hall–Kier alpha value is -0.870. The number of aryl methyl sites for hydroxylation is 1. The minimum atomic E-state index is -2.77. The van der Waals surface area contributed by atoms with Crippen molar-refractivity contribution in [3.05, 3.63) is 35.4 Å². The second kappa shape index (κ2) is 4.55. The van der Waals surface area contributed by atoms with Crippen LogP contribution in [0.3, 0.4) is 0 Å². The third-order valence-electron chi connectivity index (χ3n) is 3.07. The average molecular weight is 239 g/mol. The molecule has 0 bridgehead atoms. The maximum Gasteiger partial charge on any atom is 0.151 e. The summed E-state index contributed by atoms with van der Waals surface area (Å²) in [4.78, 5) is 0. The van der Waals surface area contributed by atoms with Gasteiger partial charge in [-0.05, 0) is 24.5 Å². The van der Waals surface area contributed by atoms with Crippen LogP contribution in [0.25, 0.3) is 0 Å². The van der Waals surface area contributed by atoms with Gasteiger partial charge >= 0.3 is 0 Å². The lowest BCUT2D eigenvalue weighted by Crippen LogP contribution is -2.29. The number of benzene rings is 1. The fraction of sp³-hybridized carbons (Fsp3) is 0.500. The van der Waals surface area contributed by atoms with Gasteiger partial charge in [-0.1, -0.05) is 24.3 Å². The van der Waals surface area contributed by atoms with Crippen LogP contribution in [0.15, 0.2) is 24.3 Å². The van der Waals surface area contributed by atoms with Crippen molar-refractivity contribution in [3.8, 4) is 0 Å². The maximum absolute atomic E-state index is 11.3. The summed E-state index contributed by atoms with van der Waals surface area (Å²) in [5.41, 5.74) is 2.49. The van der Waals surface area contributed by atoms with E-state index in [-0.39, 0.29) is 6.04 Å². The van der Waals surface area contributed by atoms with Gasteiger partial charge in [-0.25, -0.2) is 8.42 Å². The Kier molecular flexibility index (Phi) is 3.30. The first kappa shape index (κ1) is 11.6. The predicted molar refractivity (Wildman–Crippen MR) is 65.1 cm³/mol. The minimum absolute atomic E-state index is 0.129. The Bertz CT molecular complexity index is 468. The van der Waals surface area contributed by atoms with Gasteiger partial charge in [0.2, 0.25) is 0 Å². The van der Waals surface area contributed by atoms with Crippen molar-refractivity contribution in [3.63, 3.8) is 0 Å². The van der Waals surface area contributed by atoms with Crippen molar-refractivity contribution in [2.75, 3.05) is 11.5 Å². The van der Waals surface area contributed by atoms with E-state index in [4.69, 9.17) is 0 Å². The highest BCUT2D eigenvalue weighted by Gasteiger charge is 2.27. The second-order valence-corrected chi connectivity index (χ2v) is 6.64. The molecule has 0 amide bonds. The van der Waals surface area contributed by atoms with Gasteiger partial charge in [0.25, 0.3) is 0 Å². The van der Waals surface area contributed by atoms with Gasteiger partial charge in [0.15, 0.2) is 9.84 Å². The van der Waals surface area contributed by atoms with E-state index in [9.17, 15) is 8.42 Å². The first-order chi connectivity index (χ1) is 7.57. The maximum atomic E-state index is 11.3. The summed E-state index contributed by atoms with van der Waals surface area (Å²) >= 11 is 0. The summed E-state index contributed by atoms with van der Waals surface area (Å²) < 4.78 is 22.6. The molecule has 1 N–H and O–H groups in total. The molecule has 1 aliphatic heterocycles. The van der Waals surface area contributed by atoms with Crippen LogP contribution >= 0.6 is 0 Å². The van der Waals surface area contributed by atoms with Crippen LogP contribution in [-0.2, 0) is 16.4 Å². The minimum Gasteiger partial charge on any atom is -0.309 e. The van der Waals surface area contributed by atoms with E-state index < -0.39 is 9.84 Å². The molecular formula is C12H17NO2S. The second-order valence-electron chi connectivity index (χ2n) is 4.41. The standard InChI is InChI=1S/C12H17NO2S/c1-10-4-2-3-5-11(10)8-13-12-6-7-16(14,15)9-12/h2-5,12-13H,6-9H2,1H3. The van der Waals surface area contributed by atoms with Gasteiger partial charge in [0.05, 0.1) is 11.5 Å². The molecule has 3 nitrogen and oxygen atoms in total. The highest BCUT2D eigenvalue weighted by molar-refractivity contribution is 7.91. The summed E-state index contributed by atoms with van der Waals surface area (Å²) in [6, 6.07) is 8.30. The summed E-state index contributed by atoms with van der Waals surface area (Å²) in [5, 5.41) is 3.32. The zero-order valence-corrected chi connectivity index (χ0v) is 10.3. The largest absolute Gasteiger partial charge is 0.309 e. The molecule has 2 rings (SSSR count). The van der Waals surface area contributed by atoms with Crippen LogP contribution < -0.4 is 5.32 Å². The zero-order valence-electron chi connectivity index (χ0n) is 9.44. The van der Waals surface area contributed by atoms with E-state index in [1.165, 1.54) is 11.1 Å². The summed E-state index contributed by atoms with van der Waals surface area (Å²) in [6.07, 6.45) is 0.744. The Balaban J connectivity index is 1.92. The van der Waals surface area contributed by atoms with E-state index in [0.29, 0.717) is 11.5 Å². The van der Waals surface area contributed by atoms with Crippen LogP contribution in [0.1, 0.15) is 17.5 Å². The molecule has 0 radical (unpaired) electrons. The summed E-state index contributed by atoms with van der Waals surface area (Å²) in [6.45, 7) is 2.83. The lowest BCUT2D eigenvalue weighted by atomic mass is 10.1.